The number of thiophene rings is 1. The van der Waals surface area contributed by atoms with Gasteiger partial charge in [0.1, 0.15) is 16.6 Å². The van der Waals surface area contributed by atoms with Crippen LogP contribution in [0.25, 0.3) is 10.6 Å². The van der Waals surface area contributed by atoms with Crippen molar-refractivity contribution in [2.75, 3.05) is 0 Å². The fourth-order valence-corrected chi connectivity index (χ4v) is 4.31. The van der Waals surface area contributed by atoms with Crippen molar-refractivity contribution < 1.29 is 8.81 Å². The van der Waals surface area contributed by atoms with Crippen LogP contribution in [0.2, 0.25) is 0 Å². The Balaban J connectivity index is 1.50. The summed E-state index contributed by atoms with van der Waals surface area (Å²) in [6.45, 7) is 2.31. The van der Waals surface area contributed by atoms with E-state index >= 15 is 0 Å². The highest BCUT2D eigenvalue weighted by Crippen LogP contribution is 2.25. The van der Waals surface area contributed by atoms with Crippen molar-refractivity contribution in [3.8, 4) is 10.6 Å². The first-order valence-corrected chi connectivity index (χ1v) is 10.00. The van der Waals surface area contributed by atoms with Crippen molar-refractivity contribution in [2.45, 2.75) is 19.6 Å². The summed E-state index contributed by atoms with van der Waals surface area (Å²) in [5.74, 6) is 0.710. The summed E-state index contributed by atoms with van der Waals surface area (Å²) in [5, 5.41) is 5.08. The van der Waals surface area contributed by atoms with Crippen LogP contribution in [0.5, 0.6) is 0 Å². The lowest BCUT2D eigenvalue weighted by atomic mass is 10.2. The van der Waals surface area contributed by atoms with Crippen molar-refractivity contribution in [2.24, 2.45) is 0 Å². The van der Waals surface area contributed by atoms with E-state index < -0.39 is 0 Å². The zero-order valence-corrected chi connectivity index (χ0v) is 15.6. The highest BCUT2D eigenvalue weighted by molar-refractivity contribution is 7.13. The monoisotopic (exact) mass is 384 g/mol. The van der Waals surface area contributed by atoms with Crippen LogP contribution < -0.4 is 0 Å². The first kappa shape index (κ1) is 17.1. The zero-order valence-electron chi connectivity index (χ0n) is 14.0. The summed E-state index contributed by atoms with van der Waals surface area (Å²) >= 11 is 3.34. The second-order valence-corrected chi connectivity index (χ2v) is 7.85. The van der Waals surface area contributed by atoms with Crippen molar-refractivity contribution in [1.29, 1.82) is 0 Å². The maximum Gasteiger partial charge on any atom is 0.123 e. The molecule has 0 spiro atoms. The molecule has 0 atom stereocenters. The molecule has 0 saturated heterocycles. The third kappa shape index (κ3) is 4.27. The molecule has 0 amide bonds. The maximum atomic E-state index is 13.1. The predicted octanol–water partition coefficient (Wildman–Crippen LogP) is 5.81. The van der Waals surface area contributed by atoms with Crippen LogP contribution >= 0.6 is 22.7 Å². The highest BCUT2D eigenvalue weighted by Gasteiger charge is 2.13. The molecule has 4 aromatic rings. The molecular weight excluding hydrogens is 367 g/mol. The Hall–Kier alpha value is -2.28. The van der Waals surface area contributed by atoms with Crippen LogP contribution in [0.4, 0.5) is 4.39 Å². The third-order valence-corrected chi connectivity index (χ3v) is 5.75. The van der Waals surface area contributed by atoms with Crippen LogP contribution in [0.1, 0.15) is 16.3 Å². The Bertz CT molecular complexity index is 895. The van der Waals surface area contributed by atoms with Crippen molar-refractivity contribution in [3.05, 3.63) is 87.7 Å². The van der Waals surface area contributed by atoms with Gasteiger partial charge in [-0.2, -0.15) is 0 Å². The molecule has 0 unspecified atom stereocenters. The molecule has 0 fully saturated rings. The molecule has 132 valence electrons. The van der Waals surface area contributed by atoms with Gasteiger partial charge >= 0.3 is 0 Å². The van der Waals surface area contributed by atoms with Gasteiger partial charge in [-0.25, -0.2) is 9.37 Å². The number of furan rings is 1. The first-order chi connectivity index (χ1) is 12.8. The molecule has 3 aromatic heterocycles. The quantitative estimate of drug-likeness (QED) is 0.403. The van der Waals surface area contributed by atoms with E-state index in [1.807, 2.05) is 12.1 Å². The van der Waals surface area contributed by atoms with Crippen LogP contribution in [0.15, 0.2) is 70.0 Å². The predicted molar refractivity (Wildman–Crippen MR) is 103 cm³/mol. The summed E-state index contributed by atoms with van der Waals surface area (Å²) in [6.07, 6.45) is 1.70. The van der Waals surface area contributed by atoms with E-state index in [4.69, 9.17) is 9.40 Å². The van der Waals surface area contributed by atoms with Gasteiger partial charge in [0.2, 0.25) is 0 Å². The molecule has 0 aliphatic heterocycles. The summed E-state index contributed by atoms with van der Waals surface area (Å²) in [5.41, 5.74) is 1.95. The molecule has 1 aromatic carbocycles. The molecule has 26 heavy (non-hydrogen) atoms. The Kier molecular flexibility index (Phi) is 5.24. The fraction of sp³-hybridized carbons (Fsp3) is 0.150. The lowest BCUT2D eigenvalue weighted by molar-refractivity contribution is 0.226. The van der Waals surface area contributed by atoms with E-state index in [0.717, 1.165) is 41.7 Å². The second-order valence-electron chi connectivity index (χ2n) is 5.95. The Morgan fingerprint density at radius 1 is 0.962 bits per heavy atom. The minimum absolute atomic E-state index is 0.230. The van der Waals surface area contributed by atoms with Gasteiger partial charge in [-0.1, -0.05) is 6.07 Å². The van der Waals surface area contributed by atoms with E-state index in [-0.39, 0.29) is 5.82 Å². The van der Waals surface area contributed by atoms with Crippen LogP contribution in [-0.2, 0) is 19.6 Å². The second kappa shape index (κ2) is 7.95. The number of rotatable bonds is 7. The van der Waals surface area contributed by atoms with Gasteiger partial charge in [0.05, 0.1) is 18.5 Å². The molecule has 0 aliphatic carbocycles. The average Bonchev–Trinajstić information content (AvgIpc) is 3.38. The number of thiazole rings is 1. The fourth-order valence-electron chi connectivity index (χ4n) is 2.75. The summed E-state index contributed by atoms with van der Waals surface area (Å²) in [4.78, 5) is 8.36. The third-order valence-electron chi connectivity index (χ3n) is 3.95. The summed E-state index contributed by atoms with van der Waals surface area (Å²) < 4.78 is 18.6. The van der Waals surface area contributed by atoms with Gasteiger partial charge in [-0.05, 0) is 47.8 Å². The normalized spacial score (nSPS) is 11.3. The largest absolute Gasteiger partial charge is 0.468 e. The standard InChI is InChI=1S/C20H17FN2OS2/c21-16-7-5-15(6-8-16)20-22-17(14-26-20)11-23(12-18-3-1-9-24-18)13-19-4-2-10-25-19/h1-10,14H,11-13H2. The number of benzene rings is 1. The molecule has 3 heterocycles. The Labute approximate surface area is 159 Å². The first-order valence-electron chi connectivity index (χ1n) is 8.24. The topological polar surface area (TPSA) is 29.3 Å². The SMILES string of the molecule is Fc1ccc(-c2nc(CN(Cc3ccco3)Cc3cccs3)cs2)cc1. The van der Waals surface area contributed by atoms with E-state index in [9.17, 15) is 4.39 Å². The molecule has 3 nitrogen and oxygen atoms in total. The molecule has 0 saturated carbocycles. The molecule has 0 aliphatic rings. The lowest BCUT2D eigenvalue weighted by Crippen LogP contribution is -2.21. The van der Waals surface area contributed by atoms with Crippen molar-refractivity contribution >= 4 is 22.7 Å². The molecule has 6 heteroatoms. The van der Waals surface area contributed by atoms with Gasteiger partial charge in [-0.3, -0.25) is 4.90 Å². The van der Waals surface area contributed by atoms with E-state index in [0.29, 0.717) is 0 Å². The van der Waals surface area contributed by atoms with Gasteiger partial charge in [0.15, 0.2) is 0 Å². The number of aromatic nitrogens is 1. The van der Waals surface area contributed by atoms with Gasteiger partial charge < -0.3 is 4.42 Å². The summed E-state index contributed by atoms with van der Waals surface area (Å²) in [7, 11) is 0. The van der Waals surface area contributed by atoms with Crippen molar-refractivity contribution in [1.82, 2.24) is 9.88 Å². The number of hydrogen-bond donors (Lipinski definition) is 0. The maximum absolute atomic E-state index is 13.1. The van der Waals surface area contributed by atoms with Crippen LogP contribution in [0, 0.1) is 5.82 Å². The Morgan fingerprint density at radius 3 is 2.58 bits per heavy atom. The van der Waals surface area contributed by atoms with Gasteiger partial charge in [0.25, 0.3) is 0 Å². The minimum Gasteiger partial charge on any atom is -0.468 e. The molecule has 4 rings (SSSR count). The summed E-state index contributed by atoms with van der Waals surface area (Å²) in [6, 6.07) is 14.6. The molecular formula is C20H17FN2OS2. The van der Waals surface area contributed by atoms with E-state index in [1.54, 1.807) is 41.1 Å². The number of hydrogen-bond acceptors (Lipinski definition) is 5. The highest BCUT2D eigenvalue weighted by atomic mass is 32.1. The average molecular weight is 385 g/mol. The van der Waals surface area contributed by atoms with Crippen LogP contribution in [-0.4, -0.2) is 9.88 Å². The van der Waals surface area contributed by atoms with Gasteiger partial charge in [0, 0.05) is 28.9 Å². The minimum atomic E-state index is -0.230. The molecule has 0 radical (unpaired) electrons. The smallest absolute Gasteiger partial charge is 0.123 e. The zero-order chi connectivity index (χ0) is 17.8. The molecule has 0 bridgehead atoms. The van der Waals surface area contributed by atoms with Crippen molar-refractivity contribution in [3.63, 3.8) is 0 Å². The number of nitrogens with zero attached hydrogens (tertiary/aromatic N) is 2. The van der Waals surface area contributed by atoms with E-state index in [1.165, 1.54) is 17.0 Å². The molecule has 0 N–H and O–H groups in total. The van der Waals surface area contributed by atoms with E-state index in [2.05, 4.69) is 27.8 Å². The van der Waals surface area contributed by atoms with Crippen LogP contribution in [0.3, 0.4) is 0 Å². The Morgan fingerprint density at radius 2 is 1.85 bits per heavy atom. The van der Waals surface area contributed by atoms with Gasteiger partial charge in [-0.15, -0.1) is 22.7 Å². The lowest BCUT2D eigenvalue weighted by Gasteiger charge is -2.19. The number of halogens is 1.